The first-order valence-corrected chi connectivity index (χ1v) is 3.42. The minimum atomic E-state index is 0.524. The molecule has 0 fully saturated rings. The second kappa shape index (κ2) is 3.70. The Morgan fingerprint density at radius 2 is 2.55 bits per heavy atom. The number of nitrogens with zero attached hydrogens (tertiary/aromatic N) is 2. The summed E-state index contributed by atoms with van der Waals surface area (Å²) in [7, 11) is 1.79. The summed E-state index contributed by atoms with van der Waals surface area (Å²) >= 11 is 0. The van der Waals surface area contributed by atoms with Gasteiger partial charge in [-0.1, -0.05) is 10.6 Å². The summed E-state index contributed by atoms with van der Waals surface area (Å²) in [4.78, 5) is 0. The number of nitrogens with one attached hydrogen (secondary N) is 2. The van der Waals surface area contributed by atoms with Crippen molar-refractivity contribution in [1.82, 2.24) is 16.3 Å². The van der Waals surface area contributed by atoms with E-state index in [1.807, 2.05) is 6.92 Å². The molecular formula is C6H11N4O. The van der Waals surface area contributed by atoms with Crippen LogP contribution < -0.4 is 16.3 Å². The van der Waals surface area contributed by atoms with Crippen LogP contribution in [0.15, 0.2) is 17.0 Å². The maximum atomic E-state index is 5.11. The largest absolute Gasteiger partial charge is 0.477 e. The molecule has 0 saturated carbocycles. The Hall–Kier alpha value is -1.39. The fraction of sp³-hybridized carbons (Fsp3) is 0.500. The van der Waals surface area contributed by atoms with Crippen molar-refractivity contribution in [1.29, 1.82) is 0 Å². The van der Waals surface area contributed by atoms with E-state index in [-0.39, 0.29) is 0 Å². The molecule has 1 rings (SSSR count). The lowest BCUT2D eigenvalue weighted by Crippen LogP contribution is -2.32. The Bertz CT molecular complexity index is 187. The van der Waals surface area contributed by atoms with Crippen molar-refractivity contribution in [2.45, 2.75) is 6.92 Å². The number of rotatable bonds is 2. The average Bonchev–Trinajstić information content (AvgIpc) is 2.06. The maximum Gasteiger partial charge on any atom is 0.238 e. The topological polar surface area (TPSA) is 59.8 Å². The van der Waals surface area contributed by atoms with E-state index in [9.17, 15) is 0 Å². The summed E-state index contributed by atoms with van der Waals surface area (Å²) in [6, 6.07) is 0. The molecule has 0 aromatic carbocycles. The molecule has 0 saturated heterocycles. The first-order valence-electron chi connectivity index (χ1n) is 3.42. The third-order valence-corrected chi connectivity index (χ3v) is 1.15. The number of hydrogen-bond donors (Lipinski definition) is 2. The molecule has 5 nitrogen and oxygen atoms in total. The standard InChI is InChI=1S/C6H11N4O/c1-3-11-6-4-5(7-2)8-10-9-6/h4,7-8H,3H2,1-2H3. The molecule has 0 bridgehead atoms. The van der Waals surface area contributed by atoms with Crippen LogP contribution >= 0.6 is 0 Å². The van der Waals surface area contributed by atoms with Gasteiger partial charge in [0, 0.05) is 13.1 Å². The second-order valence-electron chi connectivity index (χ2n) is 1.89. The molecule has 2 N–H and O–H groups in total. The monoisotopic (exact) mass is 155 g/mol. The summed E-state index contributed by atoms with van der Waals surface area (Å²) in [5.74, 6) is 1.30. The smallest absolute Gasteiger partial charge is 0.238 e. The summed E-state index contributed by atoms with van der Waals surface area (Å²) in [6.07, 6.45) is 1.75. The summed E-state index contributed by atoms with van der Waals surface area (Å²) in [5, 5.41) is 6.60. The van der Waals surface area contributed by atoms with E-state index in [0.717, 1.165) is 5.82 Å². The summed E-state index contributed by atoms with van der Waals surface area (Å²) in [6.45, 7) is 2.50. The lowest BCUT2D eigenvalue weighted by Gasteiger charge is -2.12. The van der Waals surface area contributed by atoms with Gasteiger partial charge in [-0.05, 0) is 6.92 Å². The van der Waals surface area contributed by atoms with Crippen LogP contribution in [0.1, 0.15) is 6.92 Å². The van der Waals surface area contributed by atoms with E-state index in [2.05, 4.69) is 21.4 Å². The average molecular weight is 155 g/mol. The molecule has 0 aromatic heterocycles. The minimum Gasteiger partial charge on any atom is -0.477 e. The van der Waals surface area contributed by atoms with Gasteiger partial charge in [-0.2, -0.15) is 0 Å². The van der Waals surface area contributed by atoms with Crippen LogP contribution in [-0.4, -0.2) is 19.6 Å². The molecule has 1 radical (unpaired) electrons. The van der Waals surface area contributed by atoms with Crippen molar-refractivity contribution in [2.24, 2.45) is 5.10 Å². The molecule has 0 aliphatic carbocycles. The Morgan fingerprint density at radius 1 is 1.73 bits per heavy atom. The Balaban J connectivity index is 2.53. The Morgan fingerprint density at radius 3 is 3.18 bits per heavy atom. The van der Waals surface area contributed by atoms with Crippen molar-refractivity contribution in [3.05, 3.63) is 11.9 Å². The molecular weight excluding hydrogens is 144 g/mol. The maximum absolute atomic E-state index is 5.11. The van der Waals surface area contributed by atoms with E-state index in [4.69, 9.17) is 4.74 Å². The lowest BCUT2D eigenvalue weighted by molar-refractivity contribution is 0.320. The molecule has 0 atom stereocenters. The predicted molar refractivity (Wildman–Crippen MR) is 41.5 cm³/mol. The number of ether oxygens (including phenoxy) is 1. The van der Waals surface area contributed by atoms with Crippen LogP contribution in [-0.2, 0) is 4.74 Å². The highest BCUT2D eigenvalue weighted by Crippen LogP contribution is 1.92. The quantitative estimate of drug-likeness (QED) is 0.566. The fourth-order valence-corrected chi connectivity index (χ4v) is 0.659. The molecule has 5 heteroatoms. The van der Waals surface area contributed by atoms with Gasteiger partial charge in [-0.25, -0.2) is 5.43 Å². The third kappa shape index (κ3) is 2.03. The molecule has 1 aliphatic heterocycles. The zero-order valence-corrected chi connectivity index (χ0v) is 6.59. The predicted octanol–water partition coefficient (Wildman–Crippen LogP) is -0.480. The lowest BCUT2D eigenvalue weighted by atomic mass is 10.5. The van der Waals surface area contributed by atoms with E-state index in [1.165, 1.54) is 0 Å². The van der Waals surface area contributed by atoms with Gasteiger partial charge in [0.25, 0.3) is 0 Å². The van der Waals surface area contributed by atoms with Crippen molar-refractivity contribution < 1.29 is 4.74 Å². The molecule has 0 unspecified atom stereocenters. The highest BCUT2D eigenvalue weighted by molar-refractivity contribution is 5.88. The highest BCUT2D eigenvalue weighted by atomic mass is 16.5. The van der Waals surface area contributed by atoms with Crippen LogP contribution in [0.3, 0.4) is 0 Å². The third-order valence-electron chi connectivity index (χ3n) is 1.15. The SMILES string of the molecule is CCOC1=N[N]NC(NC)=C1. The molecule has 0 spiro atoms. The van der Waals surface area contributed by atoms with Gasteiger partial charge in [0.1, 0.15) is 5.82 Å². The van der Waals surface area contributed by atoms with Gasteiger partial charge < -0.3 is 10.1 Å². The van der Waals surface area contributed by atoms with Crippen molar-refractivity contribution in [3.63, 3.8) is 0 Å². The van der Waals surface area contributed by atoms with Gasteiger partial charge in [-0.3, -0.25) is 0 Å². The molecule has 0 amide bonds. The van der Waals surface area contributed by atoms with Crippen LogP contribution in [0.25, 0.3) is 0 Å². The molecule has 0 aromatic rings. The normalized spacial score (nSPS) is 15.5. The van der Waals surface area contributed by atoms with Gasteiger partial charge in [0.2, 0.25) is 5.90 Å². The van der Waals surface area contributed by atoms with Gasteiger partial charge in [0.05, 0.1) is 6.61 Å². The van der Waals surface area contributed by atoms with Crippen LogP contribution in [0.2, 0.25) is 0 Å². The van der Waals surface area contributed by atoms with E-state index in [1.54, 1.807) is 13.1 Å². The van der Waals surface area contributed by atoms with Crippen LogP contribution in [0, 0.1) is 0 Å². The molecule has 61 valence electrons. The van der Waals surface area contributed by atoms with Crippen molar-refractivity contribution in [3.8, 4) is 0 Å². The van der Waals surface area contributed by atoms with Gasteiger partial charge >= 0.3 is 0 Å². The van der Waals surface area contributed by atoms with Gasteiger partial charge in [0.15, 0.2) is 0 Å². The van der Waals surface area contributed by atoms with E-state index in [0.29, 0.717) is 12.5 Å². The minimum absolute atomic E-state index is 0.524. The molecule has 1 aliphatic rings. The van der Waals surface area contributed by atoms with E-state index >= 15 is 0 Å². The summed E-state index contributed by atoms with van der Waals surface area (Å²) < 4.78 is 5.11. The second-order valence-corrected chi connectivity index (χ2v) is 1.89. The fourth-order valence-electron chi connectivity index (χ4n) is 0.659. The van der Waals surface area contributed by atoms with Crippen molar-refractivity contribution >= 4 is 5.90 Å². The Kier molecular flexibility index (Phi) is 2.59. The first kappa shape index (κ1) is 7.71. The summed E-state index contributed by atoms with van der Waals surface area (Å²) in [5.41, 5.74) is 6.28. The zero-order chi connectivity index (χ0) is 8.10. The van der Waals surface area contributed by atoms with E-state index < -0.39 is 0 Å². The molecule has 1 heterocycles. The Labute approximate surface area is 65.5 Å². The van der Waals surface area contributed by atoms with Crippen LogP contribution in [0.5, 0.6) is 0 Å². The van der Waals surface area contributed by atoms with Crippen molar-refractivity contribution in [2.75, 3.05) is 13.7 Å². The highest BCUT2D eigenvalue weighted by Gasteiger charge is 2.04. The first-order chi connectivity index (χ1) is 5.36. The number of hydrogen-bond acceptors (Lipinski definition) is 4. The van der Waals surface area contributed by atoms with Crippen LogP contribution in [0.4, 0.5) is 0 Å². The van der Waals surface area contributed by atoms with Gasteiger partial charge in [-0.15, -0.1) is 0 Å². The zero-order valence-electron chi connectivity index (χ0n) is 6.59. The molecule has 11 heavy (non-hydrogen) atoms.